The van der Waals surface area contributed by atoms with E-state index < -0.39 is 23.1 Å². The van der Waals surface area contributed by atoms with Gasteiger partial charge in [0, 0.05) is 5.56 Å². The summed E-state index contributed by atoms with van der Waals surface area (Å²) in [6.45, 7) is 1.83. The average Bonchev–Trinajstić information content (AvgIpc) is 2.45. The number of carbonyl (C=O) groups is 2. The summed E-state index contributed by atoms with van der Waals surface area (Å²) >= 11 is 0. The highest BCUT2D eigenvalue weighted by atomic mass is 19.1. The van der Waals surface area contributed by atoms with Gasteiger partial charge < -0.3 is 9.84 Å². The summed E-state index contributed by atoms with van der Waals surface area (Å²) in [6, 6.07) is 8.49. The van der Waals surface area contributed by atoms with Crippen molar-refractivity contribution in [3.63, 3.8) is 0 Å². The summed E-state index contributed by atoms with van der Waals surface area (Å²) < 4.78 is 18.8. The Labute approximate surface area is 120 Å². The molecule has 0 spiro atoms. The van der Waals surface area contributed by atoms with Gasteiger partial charge in [-0.15, -0.1) is 0 Å². The van der Waals surface area contributed by atoms with Crippen LogP contribution in [0.15, 0.2) is 36.4 Å². The van der Waals surface area contributed by atoms with E-state index in [4.69, 9.17) is 9.84 Å². The van der Waals surface area contributed by atoms with Crippen molar-refractivity contribution in [3.8, 4) is 5.75 Å². The lowest BCUT2D eigenvalue weighted by Gasteiger charge is -2.10. The zero-order chi connectivity index (χ0) is 15.6. The van der Waals surface area contributed by atoms with E-state index in [0.717, 1.165) is 11.6 Å². The van der Waals surface area contributed by atoms with Gasteiger partial charge in [-0.05, 0) is 36.8 Å². The average molecular weight is 288 g/mol. The molecular weight excluding hydrogens is 275 g/mol. The van der Waals surface area contributed by atoms with E-state index in [-0.39, 0.29) is 11.1 Å². The maximum Gasteiger partial charge on any atom is 0.339 e. The van der Waals surface area contributed by atoms with Crippen molar-refractivity contribution in [2.45, 2.75) is 6.92 Å². The first-order valence-corrected chi connectivity index (χ1v) is 6.17. The Balaban J connectivity index is 2.61. The monoisotopic (exact) mass is 288 g/mol. The molecule has 5 heteroatoms. The van der Waals surface area contributed by atoms with Crippen LogP contribution in [0.5, 0.6) is 5.75 Å². The molecule has 0 heterocycles. The number of ketones is 1. The van der Waals surface area contributed by atoms with Gasteiger partial charge in [-0.25, -0.2) is 9.18 Å². The molecule has 0 saturated heterocycles. The van der Waals surface area contributed by atoms with Crippen LogP contribution in [0.1, 0.15) is 31.8 Å². The first-order valence-electron chi connectivity index (χ1n) is 6.17. The number of hydrogen-bond donors (Lipinski definition) is 1. The molecule has 1 N–H and O–H groups in total. The summed E-state index contributed by atoms with van der Waals surface area (Å²) in [7, 11) is 1.41. The Morgan fingerprint density at radius 1 is 1.14 bits per heavy atom. The van der Waals surface area contributed by atoms with Crippen molar-refractivity contribution in [1.82, 2.24) is 0 Å². The van der Waals surface area contributed by atoms with Gasteiger partial charge in [-0.2, -0.15) is 0 Å². The fourth-order valence-electron chi connectivity index (χ4n) is 2.06. The number of carboxylic acids is 1. The molecule has 2 aromatic rings. The second-order valence-electron chi connectivity index (χ2n) is 4.50. The zero-order valence-corrected chi connectivity index (χ0v) is 11.5. The number of ether oxygens (including phenoxy) is 1. The Morgan fingerprint density at radius 2 is 1.86 bits per heavy atom. The minimum atomic E-state index is -1.48. The minimum absolute atomic E-state index is 0.191. The number of aromatic carboxylic acids is 1. The van der Waals surface area contributed by atoms with E-state index >= 15 is 0 Å². The first-order chi connectivity index (χ1) is 9.95. The third-order valence-electron chi connectivity index (χ3n) is 3.07. The van der Waals surface area contributed by atoms with Crippen LogP contribution in [0.4, 0.5) is 4.39 Å². The Morgan fingerprint density at radius 3 is 2.48 bits per heavy atom. The first kappa shape index (κ1) is 14.7. The third-order valence-corrected chi connectivity index (χ3v) is 3.07. The van der Waals surface area contributed by atoms with Crippen molar-refractivity contribution < 1.29 is 23.8 Å². The van der Waals surface area contributed by atoms with E-state index in [1.165, 1.54) is 25.3 Å². The lowest BCUT2D eigenvalue weighted by atomic mass is 9.96. The molecule has 0 unspecified atom stereocenters. The Hall–Kier alpha value is -2.69. The van der Waals surface area contributed by atoms with Gasteiger partial charge in [0.25, 0.3) is 0 Å². The molecule has 0 aliphatic heterocycles. The van der Waals surface area contributed by atoms with Gasteiger partial charge >= 0.3 is 5.97 Å². The van der Waals surface area contributed by atoms with Crippen LogP contribution in [0.25, 0.3) is 0 Å². The topological polar surface area (TPSA) is 63.6 Å². The Bertz CT molecular complexity index is 722. The van der Waals surface area contributed by atoms with Crippen LogP contribution in [0.2, 0.25) is 0 Å². The van der Waals surface area contributed by atoms with Gasteiger partial charge in [0.05, 0.1) is 12.7 Å². The molecule has 0 atom stereocenters. The van der Waals surface area contributed by atoms with Crippen LogP contribution in [0, 0.1) is 12.7 Å². The summed E-state index contributed by atoms with van der Waals surface area (Å²) in [5.74, 6) is -2.70. The van der Waals surface area contributed by atoms with Gasteiger partial charge in [-0.3, -0.25) is 4.79 Å². The van der Waals surface area contributed by atoms with Crippen molar-refractivity contribution >= 4 is 11.8 Å². The van der Waals surface area contributed by atoms with E-state index in [1.807, 2.05) is 6.92 Å². The van der Waals surface area contributed by atoms with Gasteiger partial charge in [-0.1, -0.05) is 12.1 Å². The maximum absolute atomic E-state index is 13.7. The quantitative estimate of drug-likeness (QED) is 0.878. The van der Waals surface area contributed by atoms with Crippen molar-refractivity contribution in [2.24, 2.45) is 0 Å². The number of methoxy groups -OCH3 is 1. The van der Waals surface area contributed by atoms with Crippen molar-refractivity contribution in [2.75, 3.05) is 7.11 Å². The summed E-state index contributed by atoms with van der Waals surface area (Å²) in [6.07, 6.45) is 0. The molecule has 2 rings (SSSR count). The van der Waals surface area contributed by atoms with Crippen molar-refractivity contribution in [1.29, 1.82) is 0 Å². The molecule has 0 bridgehead atoms. The number of halogens is 1. The fraction of sp³-hybridized carbons (Fsp3) is 0.125. The van der Waals surface area contributed by atoms with Crippen LogP contribution in [-0.4, -0.2) is 24.0 Å². The summed E-state index contributed by atoms with van der Waals surface area (Å²) in [4.78, 5) is 23.7. The molecule has 0 saturated carbocycles. The summed E-state index contributed by atoms with van der Waals surface area (Å²) in [5, 5.41) is 9.09. The van der Waals surface area contributed by atoms with Crippen LogP contribution >= 0.6 is 0 Å². The molecule has 4 nitrogen and oxygen atoms in total. The molecule has 0 amide bonds. The highest BCUT2D eigenvalue weighted by molar-refractivity contribution is 6.15. The van der Waals surface area contributed by atoms with Crippen LogP contribution in [-0.2, 0) is 0 Å². The highest BCUT2D eigenvalue weighted by Gasteiger charge is 2.23. The lowest BCUT2D eigenvalue weighted by Crippen LogP contribution is -2.12. The smallest absolute Gasteiger partial charge is 0.339 e. The van der Waals surface area contributed by atoms with Crippen LogP contribution in [0.3, 0.4) is 0 Å². The van der Waals surface area contributed by atoms with Crippen molar-refractivity contribution in [3.05, 3.63) is 64.5 Å². The molecule has 2 aromatic carbocycles. The number of aryl methyl sites for hydroxylation is 1. The number of carboxylic acid groups (broad SMARTS) is 1. The fourth-order valence-corrected chi connectivity index (χ4v) is 2.06. The SMILES string of the molecule is COc1cc(C)ccc1C(=O)c1cccc(F)c1C(=O)O. The molecule has 108 valence electrons. The van der Waals surface area contributed by atoms with E-state index in [9.17, 15) is 14.0 Å². The molecule has 21 heavy (non-hydrogen) atoms. The number of benzene rings is 2. The minimum Gasteiger partial charge on any atom is -0.496 e. The van der Waals surface area contributed by atoms with E-state index in [0.29, 0.717) is 5.75 Å². The lowest BCUT2D eigenvalue weighted by molar-refractivity contribution is 0.0687. The largest absolute Gasteiger partial charge is 0.496 e. The predicted octanol–water partition coefficient (Wildman–Crippen LogP) is 3.07. The molecule has 0 aliphatic carbocycles. The summed E-state index contributed by atoms with van der Waals surface area (Å²) in [5.41, 5.74) is 0.243. The molecule has 0 aromatic heterocycles. The molecule has 0 aliphatic rings. The van der Waals surface area contributed by atoms with Gasteiger partial charge in [0.2, 0.25) is 0 Å². The predicted molar refractivity (Wildman–Crippen MR) is 74.5 cm³/mol. The second kappa shape index (κ2) is 5.75. The Kier molecular flexibility index (Phi) is 4.03. The number of rotatable bonds is 4. The molecule has 0 fully saturated rings. The number of carbonyl (C=O) groups excluding carboxylic acids is 1. The normalized spacial score (nSPS) is 10.2. The molecule has 0 radical (unpaired) electrons. The van der Waals surface area contributed by atoms with E-state index in [1.54, 1.807) is 12.1 Å². The molecular formula is C16H13FO4. The third kappa shape index (κ3) is 2.76. The van der Waals surface area contributed by atoms with Gasteiger partial charge in [0.15, 0.2) is 5.78 Å². The van der Waals surface area contributed by atoms with E-state index in [2.05, 4.69) is 0 Å². The number of hydrogen-bond acceptors (Lipinski definition) is 3. The van der Waals surface area contributed by atoms with Gasteiger partial charge in [0.1, 0.15) is 17.1 Å². The standard InChI is InChI=1S/C16H13FO4/c1-9-6-7-10(13(8-9)21-2)15(18)11-4-3-5-12(17)14(11)16(19)20/h3-8H,1-2H3,(H,19,20). The maximum atomic E-state index is 13.7. The van der Waals surface area contributed by atoms with Crippen LogP contribution < -0.4 is 4.74 Å². The highest BCUT2D eigenvalue weighted by Crippen LogP contribution is 2.25. The second-order valence-corrected chi connectivity index (χ2v) is 4.50. The zero-order valence-electron chi connectivity index (χ0n) is 11.5.